The van der Waals surface area contributed by atoms with E-state index in [1.54, 1.807) is 42.7 Å². The van der Waals surface area contributed by atoms with E-state index in [4.69, 9.17) is 26.6 Å². The van der Waals surface area contributed by atoms with E-state index in [1.165, 1.54) is 0 Å². The zero-order chi connectivity index (χ0) is 19.9. The van der Waals surface area contributed by atoms with Crippen molar-refractivity contribution in [2.75, 3.05) is 42.7 Å². The Morgan fingerprint density at radius 2 is 0.846 bits per heavy atom. The van der Waals surface area contributed by atoms with Crippen LogP contribution in [0, 0.1) is 0 Å². The highest BCUT2D eigenvalue weighted by atomic mass is 28.4. The van der Waals surface area contributed by atoms with Crippen LogP contribution in [0.4, 0.5) is 0 Å². The highest BCUT2D eigenvalue weighted by Gasteiger charge is 2.37. The lowest BCUT2D eigenvalue weighted by atomic mass is 10.0. The summed E-state index contributed by atoms with van der Waals surface area (Å²) in [5, 5.41) is 10.1. The van der Waals surface area contributed by atoms with Crippen LogP contribution in [0.5, 0.6) is 0 Å². The molecule has 0 fully saturated rings. The fraction of sp³-hybridized carbons (Fsp3) is 1.00. The van der Waals surface area contributed by atoms with Gasteiger partial charge in [-0.1, -0.05) is 25.7 Å². The van der Waals surface area contributed by atoms with Crippen LogP contribution >= 0.6 is 0 Å². The van der Waals surface area contributed by atoms with Crippen LogP contribution in [-0.4, -0.2) is 71.5 Å². The molecule has 0 saturated heterocycles. The van der Waals surface area contributed by atoms with Gasteiger partial charge in [0.2, 0.25) is 0 Å². The predicted octanol–water partition coefficient (Wildman–Crippen LogP) is 3.22. The first-order valence-corrected chi connectivity index (χ1v) is 13.3. The lowest BCUT2D eigenvalue weighted by Crippen LogP contribution is -2.42. The molecule has 0 aromatic carbocycles. The third kappa shape index (κ3) is 9.91. The summed E-state index contributed by atoms with van der Waals surface area (Å²) < 4.78 is 32.5. The van der Waals surface area contributed by atoms with Gasteiger partial charge in [-0.3, -0.25) is 0 Å². The van der Waals surface area contributed by atoms with Crippen molar-refractivity contribution in [3.8, 4) is 0 Å². The van der Waals surface area contributed by atoms with Gasteiger partial charge in [0.25, 0.3) is 0 Å². The molecule has 0 bridgehead atoms. The lowest BCUT2D eigenvalue weighted by molar-refractivity contribution is 0.122. The van der Waals surface area contributed by atoms with Crippen molar-refractivity contribution in [3.05, 3.63) is 0 Å². The maximum Gasteiger partial charge on any atom is 0.500 e. The standard InChI is InChI=1S/C17H40O7Si2/c1-19-25(20-2,21-3)15-11-7-9-13-17(18)14-10-8-12-16-26(22-4,23-5)24-6/h17-18H,7-16H2,1-6H3. The van der Waals surface area contributed by atoms with Crippen LogP contribution in [0.2, 0.25) is 12.1 Å². The van der Waals surface area contributed by atoms with Gasteiger partial charge in [0.15, 0.2) is 0 Å². The van der Waals surface area contributed by atoms with E-state index < -0.39 is 17.6 Å². The molecule has 0 radical (unpaired) electrons. The summed E-state index contributed by atoms with van der Waals surface area (Å²) in [5.41, 5.74) is 0. The maximum atomic E-state index is 10.1. The largest absolute Gasteiger partial charge is 0.500 e. The summed E-state index contributed by atoms with van der Waals surface area (Å²) in [4.78, 5) is 0. The van der Waals surface area contributed by atoms with Gasteiger partial charge < -0.3 is 31.7 Å². The molecule has 0 aliphatic heterocycles. The van der Waals surface area contributed by atoms with E-state index in [-0.39, 0.29) is 6.10 Å². The topological polar surface area (TPSA) is 75.6 Å². The number of rotatable bonds is 18. The van der Waals surface area contributed by atoms with Crippen LogP contribution in [0.1, 0.15) is 51.4 Å². The number of hydrogen-bond donors (Lipinski definition) is 1. The van der Waals surface area contributed by atoms with E-state index in [1.807, 2.05) is 0 Å². The van der Waals surface area contributed by atoms with Gasteiger partial charge in [0.05, 0.1) is 6.10 Å². The van der Waals surface area contributed by atoms with Gasteiger partial charge in [-0.05, 0) is 25.7 Å². The molecule has 158 valence electrons. The monoisotopic (exact) mass is 412 g/mol. The first-order valence-electron chi connectivity index (χ1n) is 9.46. The molecular formula is C17H40O7Si2. The van der Waals surface area contributed by atoms with Crippen molar-refractivity contribution in [2.24, 2.45) is 0 Å². The Hall–Kier alpha value is 0.154. The van der Waals surface area contributed by atoms with Gasteiger partial charge in [-0.25, -0.2) is 0 Å². The molecule has 0 amide bonds. The van der Waals surface area contributed by atoms with Crippen molar-refractivity contribution in [2.45, 2.75) is 69.6 Å². The molecule has 1 N–H and O–H groups in total. The van der Waals surface area contributed by atoms with Gasteiger partial charge in [0, 0.05) is 54.7 Å². The van der Waals surface area contributed by atoms with Crippen LogP contribution in [0.15, 0.2) is 0 Å². The molecule has 0 spiro atoms. The summed E-state index contributed by atoms with van der Waals surface area (Å²) >= 11 is 0. The van der Waals surface area contributed by atoms with Crippen molar-refractivity contribution >= 4 is 17.6 Å². The molecule has 0 heterocycles. The Kier molecular flexibility index (Phi) is 15.2. The van der Waals surface area contributed by atoms with Crippen molar-refractivity contribution < 1.29 is 31.7 Å². The maximum absolute atomic E-state index is 10.1. The first-order chi connectivity index (χ1) is 12.5. The third-order valence-electron chi connectivity index (χ3n) is 4.91. The molecule has 0 rings (SSSR count). The number of aliphatic hydroxyl groups excluding tert-OH is 1. The molecule has 0 aliphatic carbocycles. The second-order valence-electron chi connectivity index (χ2n) is 6.44. The highest BCUT2D eigenvalue weighted by Crippen LogP contribution is 2.20. The average Bonchev–Trinajstić information content (AvgIpc) is 2.68. The lowest BCUT2D eigenvalue weighted by Gasteiger charge is -2.24. The summed E-state index contributed by atoms with van der Waals surface area (Å²) in [5.74, 6) is 0. The smallest absolute Gasteiger partial charge is 0.393 e. The Morgan fingerprint density at radius 3 is 1.12 bits per heavy atom. The minimum Gasteiger partial charge on any atom is -0.393 e. The molecule has 0 aromatic rings. The van der Waals surface area contributed by atoms with Crippen LogP contribution < -0.4 is 0 Å². The van der Waals surface area contributed by atoms with E-state index in [0.717, 1.165) is 63.5 Å². The molecule has 0 aliphatic rings. The third-order valence-corrected chi connectivity index (χ3v) is 10.6. The van der Waals surface area contributed by atoms with Crippen LogP contribution in [0.25, 0.3) is 0 Å². The number of aliphatic hydroxyl groups is 1. The molecule has 9 heteroatoms. The minimum atomic E-state index is -2.44. The Morgan fingerprint density at radius 1 is 0.538 bits per heavy atom. The molecule has 7 nitrogen and oxygen atoms in total. The van der Waals surface area contributed by atoms with Crippen molar-refractivity contribution in [3.63, 3.8) is 0 Å². The number of unbranched alkanes of at least 4 members (excludes halogenated alkanes) is 4. The highest BCUT2D eigenvalue weighted by molar-refractivity contribution is 6.60. The average molecular weight is 413 g/mol. The zero-order valence-electron chi connectivity index (χ0n) is 17.5. The van der Waals surface area contributed by atoms with E-state index >= 15 is 0 Å². The van der Waals surface area contributed by atoms with E-state index in [9.17, 15) is 5.11 Å². The SMILES string of the molecule is CO[Si](CCCCCC(O)CCCCC[Si](OC)(OC)OC)(OC)OC. The zero-order valence-corrected chi connectivity index (χ0v) is 19.5. The van der Waals surface area contributed by atoms with Crippen molar-refractivity contribution in [1.82, 2.24) is 0 Å². The van der Waals surface area contributed by atoms with Gasteiger partial charge in [0.1, 0.15) is 0 Å². The first kappa shape index (κ1) is 26.2. The normalized spacial score (nSPS) is 12.9. The molecule has 0 aromatic heterocycles. The molecule has 0 atom stereocenters. The second-order valence-corrected chi connectivity index (χ2v) is 12.6. The minimum absolute atomic E-state index is 0.224. The van der Waals surface area contributed by atoms with Crippen LogP contribution in [-0.2, 0) is 26.6 Å². The Balaban J connectivity index is 3.74. The fourth-order valence-corrected chi connectivity index (χ4v) is 6.64. The Labute approximate surface area is 162 Å². The summed E-state index contributed by atoms with van der Waals surface area (Å²) in [7, 11) is 4.96. The summed E-state index contributed by atoms with van der Waals surface area (Å²) in [6.07, 6.45) is 7.56. The quantitative estimate of drug-likeness (QED) is 0.274. The van der Waals surface area contributed by atoms with E-state index in [0.29, 0.717) is 0 Å². The van der Waals surface area contributed by atoms with Gasteiger partial charge >= 0.3 is 17.6 Å². The predicted molar refractivity (Wildman–Crippen MR) is 106 cm³/mol. The van der Waals surface area contributed by atoms with Crippen molar-refractivity contribution in [1.29, 1.82) is 0 Å². The second kappa shape index (κ2) is 15.1. The summed E-state index contributed by atoms with van der Waals surface area (Å²) in [6, 6.07) is 1.63. The molecule has 26 heavy (non-hydrogen) atoms. The molecule has 0 unspecified atom stereocenters. The molecule has 0 saturated carbocycles. The summed E-state index contributed by atoms with van der Waals surface area (Å²) in [6.45, 7) is 0. The van der Waals surface area contributed by atoms with Gasteiger partial charge in [-0.15, -0.1) is 0 Å². The van der Waals surface area contributed by atoms with Crippen LogP contribution in [0.3, 0.4) is 0 Å². The number of hydrogen-bond acceptors (Lipinski definition) is 7. The Bertz CT molecular complexity index is 280. The van der Waals surface area contributed by atoms with E-state index in [2.05, 4.69) is 0 Å². The van der Waals surface area contributed by atoms with Gasteiger partial charge in [-0.2, -0.15) is 0 Å². The fourth-order valence-electron chi connectivity index (χ4n) is 3.05. The molecular weight excluding hydrogens is 372 g/mol.